The fourth-order valence-electron chi connectivity index (χ4n) is 3.36. The molecule has 140 valence electrons. The summed E-state index contributed by atoms with van der Waals surface area (Å²) in [6, 6.07) is 9.88. The van der Waals surface area contributed by atoms with Gasteiger partial charge in [-0.1, -0.05) is 24.1 Å². The van der Waals surface area contributed by atoms with Gasteiger partial charge in [0.1, 0.15) is 5.69 Å². The molecule has 1 atom stereocenters. The van der Waals surface area contributed by atoms with Crippen LogP contribution in [0.3, 0.4) is 0 Å². The van der Waals surface area contributed by atoms with Crippen molar-refractivity contribution in [2.45, 2.75) is 36.6 Å². The van der Waals surface area contributed by atoms with Gasteiger partial charge in [-0.05, 0) is 36.4 Å². The first-order valence-electron chi connectivity index (χ1n) is 9.14. The van der Waals surface area contributed by atoms with Crippen molar-refractivity contribution in [3.05, 3.63) is 53.8 Å². The molecule has 1 fully saturated rings. The minimum atomic E-state index is -0.00416. The van der Waals surface area contributed by atoms with Crippen LogP contribution in [0.15, 0.2) is 57.5 Å². The van der Waals surface area contributed by atoms with Gasteiger partial charge < -0.3 is 9.42 Å². The molecular formula is C20H21N3O2S2. The van der Waals surface area contributed by atoms with E-state index in [2.05, 4.69) is 10.1 Å². The van der Waals surface area contributed by atoms with Crippen molar-refractivity contribution < 1.29 is 9.32 Å². The number of nitrogens with zero attached hydrogens (tertiary/aromatic N) is 3. The molecule has 0 spiro atoms. The van der Waals surface area contributed by atoms with Gasteiger partial charge in [0.15, 0.2) is 5.76 Å². The van der Waals surface area contributed by atoms with E-state index in [9.17, 15) is 4.79 Å². The van der Waals surface area contributed by atoms with Crippen LogP contribution in [0.25, 0.3) is 10.6 Å². The Kier molecular flexibility index (Phi) is 5.89. The monoisotopic (exact) mass is 399 g/mol. The van der Waals surface area contributed by atoms with Gasteiger partial charge >= 0.3 is 0 Å². The fraction of sp³-hybridized carbons (Fsp3) is 0.350. The number of carbonyl (C=O) groups is 1. The summed E-state index contributed by atoms with van der Waals surface area (Å²) in [7, 11) is 0. The third-order valence-electron chi connectivity index (χ3n) is 4.72. The van der Waals surface area contributed by atoms with E-state index in [1.54, 1.807) is 35.5 Å². The molecular weight excluding hydrogens is 378 g/mol. The molecule has 0 aliphatic carbocycles. The maximum Gasteiger partial charge on any atom is 0.233 e. The normalized spacial score (nSPS) is 17.6. The molecule has 0 aromatic carbocycles. The smallest absolute Gasteiger partial charge is 0.233 e. The van der Waals surface area contributed by atoms with Gasteiger partial charge in [-0.3, -0.25) is 9.78 Å². The first kappa shape index (κ1) is 18.3. The molecule has 0 unspecified atom stereocenters. The van der Waals surface area contributed by atoms with Crippen LogP contribution < -0.4 is 0 Å². The van der Waals surface area contributed by atoms with Gasteiger partial charge in [0.2, 0.25) is 5.91 Å². The number of hydrogen-bond acceptors (Lipinski definition) is 6. The highest BCUT2D eigenvalue weighted by Crippen LogP contribution is 2.34. The third kappa shape index (κ3) is 4.42. The number of thiophene rings is 1. The fourth-order valence-corrected chi connectivity index (χ4v) is 4.80. The van der Waals surface area contributed by atoms with Gasteiger partial charge in [-0.15, -0.1) is 23.1 Å². The lowest BCUT2D eigenvalue weighted by atomic mass is 10.1. The minimum absolute atomic E-state index is 0.00416. The minimum Gasteiger partial charge on any atom is -0.355 e. The standard InChI is InChI=1S/C20H21N3O2S2/c24-20(14-27-15-7-9-21-10-8-15)23-11-3-1-2-5-17(23)16-13-18(25-22-16)19-6-4-12-26-19/h4,6-10,12-13,17H,1-3,5,11,14H2/t17-/m0/s1. The maximum absolute atomic E-state index is 13.0. The average molecular weight is 400 g/mol. The predicted octanol–water partition coefficient (Wildman–Crippen LogP) is 5.03. The highest BCUT2D eigenvalue weighted by molar-refractivity contribution is 8.00. The molecule has 4 rings (SSSR count). The summed E-state index contributed by atoms with van der Waals surface area (Å²) in [5.41, 5.74) is 0.863. The number of aromatic nitrogens is 2. The van der Waals surface area contributed by atoms with Crippen LogP contribution in [0.1, 0.15) is 37.4 Å². The largest absolute Gasteiger partial charge is 0.355 e. The molecule has 1 saturated heterocycles. The van der Waals surface area contributed by atoms with Crippen molar-refractivity contribution in [3.8, 4) is 10.6 Å². The molecule has 1 amide bonds. The van der Waals surface area contributed by atoms with E-state index in [0.29, 0.717) is 5.75 Å². The molecule has 0 radical (unpaired) electrons. The first-order chi connectivity index (χ1) is 13.3. The van der Waals surface area contributed by atoms with Gasteiger partial charge in [-0.25, -0.2) is 0 Å². The van der Waals surface area contributed by atoms with E-state index in [1.807, 2.05) is 40.6 Å². The summed E-state index contributed by atoms with van der Waals surface area (Å²) in [5, 5.41) is 6.33. The number of pyridine rings is 1. The Morgan fingerprint density at radius 1 is 1.26 bits per heavy atom. The zero-order chi connectivity index (χ0) is 18.5. The molecule has 7 heteroatoms. The first-order valence-corrected chi connectivity index (χ1v) is 11.0. The van der Waals surface area contributed by atoms with Gasteiger partial charge in [0, 0.05) is 29.9 Å². The van der Waals surface area contributed by atoms with Crippen LogP contribution in [0, 0.1) is 0 Å². The van der Waals surface area contributed by atoms with E-state index in [0.717, 1.165) is 53.5 Å². The highest BCUT2D eigenvalue weighted by atomic mass is 32.2. The van der Waals surface area contributed by atoms with Crippen molar-refractivity contribution in [2.75, 3.05) is 12.3 Å². The molecule has 4 heterocycles. The molecule has 1 aliphatic heterocycles. The summed E-state index contributed by atoms with van der Waals surface area (Å²) >= 11 is 3.19. The van der Waals surface area contributed by atoms with Crippen LogP contribution in [0.4, 0.5) is 0 Å². The zero-order valence-corrected chi connectivity index (χ0v) is 16.5. The lowest BCUT2D eigenvalue weighted by Gasteiger charge is -2.28. The van der Waals surface area contributed by atoms with Gasteiger partial charge in [-0.2, -0.15) is 0 Å². The predicted molar refractivity (Wildman–Crippen MR) is 108 cm³/mol. The summed E-state index contributed by atoms with van der Waals surface area (Å²) in [6.45, 7) is 0.779. The SMILES string of the molecule is O=C(CSc1ccncc1)N1CCCCC[C@H]1c1cc(-c2cccs2)on1. The summed E-state index contributed by atoms with van der Waals surface area (Å²) in [5.74, 6) is 1.36. The lowest BCUT2D eigenvalue weighted by molar-refractivity contribution is -0.130. The second kappa shape index (κ2) is 8.71. The summed E-state index contributed by atoms with van der Waals surface area (Å²) in [6.07, 6.45) is 7.73. The molecule has 3 aromatic rings. The van der Waals surface area contributed by atoms with E-state index in [1.165, 1.54) is 0 Å². The number of hydrogen-bond donors (Lipinski definition) is 0. The molecule has 1 aliphatic rings. The van der Waals surface area contributed by atoms with E-state index < -0.39 is 0 Å². The van der Waals surface area contributed by atoms with Crippen molar-refractivity contribution in [1.29, 1.82) is 0 Å². The third-order valence-corrected chi connectivity index (χ3v) is 6.60. The molecule has 0 bridgehead atoms. The van der Waals surface area contributed by atoms with Crippen molar-refractivity contribution in [3.63, 3.8) is 0 Å². The topological polar surface area (TPSA) is 59.2 Å². The van der Waals surface area contributed by atoms with E-state index >= 15 is 0 Å². The van der Waals surface area contributed by atoms with Gasteiger partial charge in [0.05, 0.1) is 16.7 Å². The number of amides is 1. The van der Waals surface area contributed by atoms with Crippen molar-refractivity contribution in [2.24, 2.45) is 0 Å². The zero-order valence-electron chi connectivity index (χ0n) is 14.9. The van der Waals surface area contributed by atoms with Crippen LogP contribution in [0.5, 0.6) is 0 Å². The molecule has 3 aromatic heterocycles. The second-order valence-electron chi connectivity index (χ2n) is 6.52. The van der Waals surface area contributed by atoms with Crippen LogP contribution in [-0.2, 0) is 4.79 Å². The Hall–Kier alpha value is -2.12. The molecule has 5 nitrogen and oxygen atoms in total. The Labute approximate surface area is 166 Å². The molecule has 27 heavy (non-hydrogen) atoms. The lowest BCUT2D eigenvalue weighted by Crippen LogP contribution is -2.36. The Morgan fingerprint density at radius 2 is 2.15 bits per heavy atom. The summed E-state index contributed by atoms with van der Waals surface area (Å²) < 4.78 is 5.57. The van der Waals surface area contributed by atoms with Crippen LogP contribution in [-0.4, -0.2) is 33.2 Å². The highest BCUT2D eigenvalue weighted by Gasteiger charge is 2.29. The van der Waals surface area contributed by atoms with Crippen LogP contribution in [0.2, 0.25) is 0 Å². The number of likely N-dealkylation sites (tertiary alicyclic amines) is 1. The Morgan fingerprint density at radius 3 is 2.96 bits per heavy atom. The number of carbonyl (C=O) groups excluding carboxylic acids is 1. The maximum atomic E-state index is 13.0. The van der Waals surface area contributed by atoms with Gasteiger partial charge in [0.25, 0.3) is 0 Å². The Bertz CT molecular complexity index is 865. The van der Waals surface area contributed by atoms with Crippen LogP contribution >= 0.6 is 23.1 Å². The summed E-state index contributed by atoms with van der Waals surface area (Å²) in [4.78, 5) is 21.1. The molecule has 0 N–H and O–H groups in total. The van der Waals surface area contributed by atoms with E-state index in [-0.39, 0.29) is 11.9 Å². The average Bonchev–Trinajstić information content (AvgIpc) is 3.34. The Balaban J connectivity index is 1.50. The molecule has 0 saturated carbocycles. The quantitative estimate of drug-likeness (QED) is 0.563. The number of rotatable bonds is 5. The second-order valence-corrected chi connectivity index (χ2v) is 8.51. The van der Waals surface area contributed by atoms with Crippen molar-refractivity contribution in [1.82, 2.24) is 15.0 Å². The van der Waals surface area contributed by atoms with Crippen molar-refractivity contribution >= 4 is 29.0 Å². The van der Waals surface area contributed by atoms with E-state index in [4.69, 9.17) is 4.52 Å². The number of thioether (sulfide) groups is 1.